The van der Waals surface area contributed by atoms with Crippen molar-refractivity contribution in [1.82, 2.24) is 0 Å². The third-order valence-corrected chi connectivity index (χ3v) is 13.0. The van der Waals surface area contributed by atoms with E-state index in [1.54, 1.807) is 0 Å². The van der Waals surface area contributed by atoms with Crippen molar-refractivity contribution in [3.05, 3.63) is 0 Å². The first-order valence-corrected chi connectivity index (χ1v) is 16.1. The normalized spacial score (nSPS) is 56.5. The largest absolute Gasteiger partial charge is 0.393 e. The van der Waals surface area contributed by atoms with Gasteiger partial charge in [0.25, 0.3) is 0 Å². The zero-order valence-corrected chi connectivity index (χ0v) is 25.4. The summed E-state index contributed by atoms with van der Waals surface area (Å²) in [5.74, 6) is 0.979. The van der Waals surface area contributed by atoms with E-state index in [4.69, 9.17) is 18.9 Å². The lowest BCUT2D eigenvalue weighted by Gasteiger charge is -2.64. The van der Waals surface area contributed by atoms with Gasteiger partial charge in [-0.15, -0.1) is 0 Å². The molecule has 43 heavy (non-hydrogen) atoms. The fourth-order valence-corrected chi connectivity index (χ4v) is 10.7. The van der Waals surface area contributed by atoms with Crippen LogP contribution >= 0.6 is 0 Å². The van der Waals surface area contributed by atoms with Gasteiger partial charge in [-0.3, -0.25) is 0 Å². The zero-order valence-electron chi connectivity index (χ0n) is 25.4. The molecule has 2 aliphatic heterocycles. The van der Waals surface area contributed by atoms with Crippen LogP contribution in [0.3, 0.4) is 0 Å². The summed E-state index contributed by atoms with van der Waals surface area (Å²) in [6, 6.07) is 0. The zero-order chi connectivity index (χ0) is 31.0. The number of aliphatic hydroxyl groups is 8. The van der Waals surface area contributed by atoms with Crippen LogP contribution in [0.25, 0.3) is 0 Å². The van der Waals surface area contributed by atoms with Crippen molar-refractivity contribution in [2.45, 2.75) is 126 Å². The van der Waals surface area contributed by atoms with Crippen LogP contribution in [0.4, 0.5) is 0 Å². The number of hydrogen-bond acceptors (Lipinski definition) is 12. The SMILES string of the molecule is C[C@]1(CO[C@@H]2O[C@H](CO[C@@H]3OC[C@](O)(CO)[C@H]3O)[C@@H](O)[C@H](O)[C@H]2O)CCC[C@@]2(C)[C@@H]1CC[C@]13C[C@H](CC[C@H]12)[C@@](O)(CO)C3. The van der Waals surface area contributed by atoms with Crippen LogP contribution in [-0.4, -0.2) is 128 Å². The van der Waals surface area contributed by atoms with Crippen molar-refractivity contribution < 1.29 is 59.8 Å². The van der Waals surface area contributed by atoms with Crippen LogP contribution < -0.4 is 0 Å². The molecule has 0 aromatic carbocycles. The molecule has 0 amide bonds. The average Bonchev–Trinajstić information content (AvgIpc) is 3.38. The Labute approximate surface area is 252 Å². The summed E-state index contributed by atoms with van der Waals surface area (Å²) in [7, 11) is 0. The Kier molecular flexibility index (Phi) is 8.56. The van der Waals surface area contributed by atoms with Gasteiger partial charge in [0.1, 0.15) is 36.1 Å². The highest BCUT2D eigenvalue weighted by Crippen LogP contribution is 2.72. The third-order valence-electron chi connectivity index (χ3n) is 13.0. The van der Waals surface area contributed by atoms with Crippen LogP contribution in [0.15, 0.2) is 0 Å². The Balaban J connectivity index is 1.12. The molecule has 12 heteroatoms. The van der Waals surface area contributed by atoms with Gasteiger partial charge in [-0.25, -0.2) is 0 Å². The highest BCUT2D eigenvalue weighted by atomic mass is 16.7. The molecule has 8 N–H and O–H groups in total. The van der Waals surface area contributed by atoms with Crippen LogP contribution in [0.2, 0.25) is 0 Å². The standard InChI is InChI=1S/C31H52O12/c1-27(7-3-8-28(2)19(27)6-9-29-10-17(4-5-20(28)29)30(38,12-29)13-32)15-41-25-23(36)22(35)21(34)18(43-25)11-40-26-24(37)31(39,14-33)16-42-26/h17-26,32-39H,3-16H2,1-2H3/t17-,18+,19+,20-,21+,22-,23+,24-,25+,26+,27+,28-,29+,30-,31+/m0/s1. The number of ether oxygens (including phenoxy) is 4. The van der Waals surface area contributed by atoms with E-state index in [1.807, 2.05) is 0 Å². The lowest BCUT2D eigenvalue weighted by Crippen LogP contribution is -2.61. The lowest BCUT2D eigenvalue weighted by atomic mass is 9.41. The molecule has 2 bridgehead atoms. The van der Waals surface area contributed by atoms with E-state index < -0.39 is 60.9 Å². The summed E-state index contributed by atoms with van der Waals surface area (Å²) in [6.07, 6.45) is -0.911. The van der Waals surface area contributed by atoms with E-state index in [9.17, 15) is 40.9 Å². The lowest BCUT2D eigenvalue weighted by molar-refractivity contribution is -0.317. The minimum absolute atomic E-state index is 0.0526. The van der Waals surface area contributed by atoms with Gasteiger partial charge in [0.2, 0.25) is 0 Å². The molecule has 0 aromatic rings. The Morgan fingerprint density at radius 2 is 1.53 bits per heavy atom. The molecule has 4 saturated carbocycles. The van der Waals surface area contributed by atoms with Gasteiger partial charge in [0.15, 0.2) is 12.6 Å². The van der Waals surface area contributed by atoms with Crippen LogP contribution in [0, 0.1) is 34.0 Å². The third kappa shape index (κ3) is 5.12. The van der Waals surface area contributed by atoms with Gasteiger partial charge >= 0.3 is 0 Å². The fourth-order valence-electron chi connectivity index (χ4n) is 10.7. The summed E-state index contributed by atoms with van der Waals surface area (Å²) in [5.41, 5.74) is -2.94. The quantitative estimate of drug-likeness (QED) is 0.173. The summed E-state index contributed by atoms with van der Waals surface area (Å²) in [4.78, 5) is 0. The molecule has 4 aliphatic carbocycles. The van der Waals surface area contributed by atoms with E-state index in [-0.39, 0.29) is 42.0 Å². The van der Waals surface area contributed by atoms with Gasteiger partial charge in [0.05, 0.1) is 38.6 Å². The highest BCUT2D eigenvalue weighted by molar-refractivity contribution is 5.17. The van der Waals surface area contributed by atoms with Gasteiger partial charge < -0.3 is 59.8 Å². The molecule has 248 valence electrons. The van der Waals surface area contributed by atoms with Crippen LogP contribution in [0.5, 0.6) is 0 Å². The predicted molar refractivity (Wildman–Crippen MR) is 149 cm³/mol. The maximum atomic E-state index is 11.3. The smallest absolute Gasteiger partial charge is 0.186 e. The van der Waals surface area contributed by atoms with E-state index in [0.717, 1.165) is 51.4 Å². The molecule has 15 atom stereocenters. The molecule has 2 heterocycles. The fraction of sp³-hybridized carbons (Fsp3) is 1.00. The van der Waals surface area contributed by atoms with Crippen molar-refractivity contribution in [3.8, 4) is 0 Å². The maximum Gasteiger partial charge on any atom is 0.186 e. The molecule has 1 spiro atoms. The monoisotopic (exact) mass is 616 g/mol. The predicted octanol–water partition coefficient (Wildman–Crippen LogP) is -0.596. The summed E-state index contributed by atoms with van der Waals surface area (Å²) >= 11 is 0. The summed E-state index contributed by atoms with van der Waals surface area (Å²) < 4.78 is 22.9. The molecule has 0 aromatic heterocycles. The molecular weight excluding hydrogens is 564 g/mol. The Hall–Kier alpha value is -0.480. The van der Waals surface area contributed by atoms with Crippen molar-refractivity contribution in [2.24, 2.45) is 34.0 Å². The summed E-state index contributed by atoms with van der Waals surface area (Å²) in [5, 5.41) is 83.1. The second-order valence-corrected chi connectivity index (χ2v) is 15.5. The maximum absolute atomic E-state index is 11.3. The molecule has 6 fully saturated rings. The Morgan fingerprint density at radius 1 is 0.791 bits per heavy atom. The van der Waals surface area contributed by atoms with Crippen molar-refractivity contribution >= 4 is 0 Å². The van der Waals surface area contributed by atoms with E-state index in [0.29, 0.717) is 24.9 Å². The number of aliphatic hydroxyl groups excluding tert-OH is 6. The molecule has 12 nitrogen and oxygen atoms in total. The molecule has 0 radical (unpaired) electrons. The second kappa shape index (κ2) is 11.3. The first-order valence-electron chi connectivity index (χ1n) is 16.1. The van der Waals surface area contributed by atoms with E-state index >= 15 is 0 Å². The molecule has 6 aliphatic rings. The van der Waals surface area contributed by atoms with Crippen molar-refractivity contribution in [3.63, 3.8) is 0 Å². The molecule has 2 saturated heterocycles. The van der Waals surface area contributed by atoms with Crippen LogP contribution in [0.1, 0.15) is 71.6 Å². The van der Waals surface area contributed by atoms with E-state index in [2.05, 4.69) is 13.8 Å². The van der Waals surface area contributed by atoms with E-state index in [1.165, 1.54) is 0 Å². The first kappa shape index (κ1) is 32.5. The van der Waals surface area contributed by atoms with Crippen molar-refractivity contribution in [2.75, 3.05) is 33.0 Å². The molecule has 6 rings (SSSR count). The molecular formula is C31H52O12. The minimum Gasteiger partial charge on any atom is -0.393 e. The summed E-state index contributed by atoms with van der Waals surface area (Å²) in [6.45, 7) is 3.39. The molecule has 0 unspecified atom stereocenters. The minimum atomic E-state index is -1.86. The Bertz CT molecular complexity index is 1020. The first-order chi connectivity index (χ1) is 20.2. The number of hydrogen-bond donors (Lipinski definition) is 8. The second-order valence-electron chi connectivity index (χ2n) is 15.5. The highest BCUT2D eigenvalue weighted by Gasteiger charge is 2.67. The number of fused-ring (bicyclic) bond motifs is 3. The van der Waals surface area contributed by atoms with Crippen molar-refractivity contribution in [1.29, 1.82) is 0 Å². The van der Waals surface area contributed by atoms with Crippen LogP contribution in [-0.2, 0) is 18.9 Å². The van der Waals surface area contributed by atoms with Gasteiger partial charge in [-0.2, -0.15) is 0 Å². The number of rotatable bonds is 8. The Morgan fingerprint density at radius 3 is 2.23 bits per heavy atom. The van der Waals surface area contributed by atoms with Gasteiger partial charge in [-0.1, -0.05) is 20.3 Å². The van der Waals surface area contributed by atoms with Gasteiger partial charge in [0, 0.05) is 0 Å². The topological polar surface area (TPSA) is 199 Å². The average molecular weight is 617 g/mol. The van der Waals surface area contributed by atoms with Gasteiger partial charge in [-0.05, 0) is 85.4 Å².